The van der Waals surface area contributed by atoms with Gasteiger partial charge in [-0.3, -0.25) is 9.59 Å². The van der Waals surface area contributed by atoms with Gasteiger partial charge in [-0.05, 0) is 48.9 Å². The molecule has 0 saturated carbocycles. The number of carbonyl (C=O) groups excluding carboxylic acids is 2. The van der Waals surface area contributed by atoms with Crippen LogP contribution < -0.4 is 10.6 Å². The first-order chi connectivity index (χ1) is 16.9. The van der Waals surface area contributed by atoms with E-state index >= 15 is 0 Å². The van der Waals surface area contributed by atoms with Gasteiger partial charge >= 0.3 is 0 Å². The maximum absolute atomic E-state index is 13.5. The van der Waals surface area contributed by atoms with Crippen LogP contribution in [0.5, 0.6) is 0 Å². The summed E-state index contributed by atoms with van der Waals surface area (Å²) in [5.74, 6) is -0.737. The second-order valence-electron chi connectivity index (χ2n) is 8.43. The van der Waals surface area contributed by atoms with Crippen LogP contribution in [0.1, 0.15) is 36.1 Å². The van der Waals surface area contributed by atoms with Crippen LogP contribution in [0.15, 0.2) is 85.1 Å². The van der Waals surface area contributed by atoms with E-state index in [9.17, 15) is 14.0 Å². The molecule has 1 atom stereocenters. The molecule has 1 heterocycles. The first-order valence-corrected chi connectivity index (χ1v) is 11.4. The van der Waals surface area contributed by atoms with Crippen LogP contribution >= 0.6 is 0 Å². The molecular formula is C28H27FN4O2. The molecule has 7 heteroatoms. The number of nitrogens with zero attached hydrogens (tertiary/aromatic N) is 2. The van der Waals surface area contributed by atoms with Crippen LogP contribution in [-0.4, -0.2) is 21.6 Å². The number of aryl methyl sites for hydroxylation is 1. The lowest BCUT2D eigenvalue weighted by Gasteiger charge is -2.18. The van der Waals surface area contributed by atoms with E-state index in [4.69, 9.17) is 5.10 Å². The number of amides is 2. The highest BCUT2D eigenvalue weighted by Crippen LogP contribution is 2.24. The monoisotopic (exact) mass is 470 g/mol. The maximum atomic E-state index is 13.5. The summed E-state index contributed by atoms with van der Waals surface area (Å²) in [4.78, 5) is 24.6. The summed E-state index contributed by atoms with van der Waals surface area (Å²) in [6.07, 6.45) is 1.96. The molecule has 0 bridgehead atoms. The van der Waals surface area contributed by atoms with Crippen molar-refractivity contribution in [1.82, 2.24) is 20.4 Å². The number of aromatic nitrogens is 2. The second kappa shape index (κ2) is 10.8. The molecule has 178 valence electrons. The van der Waals surface area contributed by atoms with Crippen molar-refractivity contribution >= 4 is 11.8 Å². The molecular weight excluding hydrogens is 443 g/mol. The van der Waals surface area contributed by atoms with Crippen molar-refractivity contribution in [2.45, 2.75) is 32.9 Å². The van der Waals surface area contributed by atoms with E-state index in [1.807, 2.05) is 67.7 Å². The Bertz CT molecular complexity index is 1300. The zero-order valence-electron chi connectivity index (χ0n) is 19.7. The van der Waals surface area contributed by atoms with Crippen LogP contribution in [-0.2, 0) is 16.1 Å². The molecule has 1 aromatic heterocycles. The molecule has 0 aliphatic carbocycles. The van der Waals surface area contributed by atoms with E-state index in [0.29, 0.717) is 5.69 Å². The van der Waals surface area contributed by atoms with Gasteiger partial charge in [-0.25, -0.2) is 9.07 Å². The van der Waals surface area contributed by atoms with E-state index < -0.39 is 6.04 Å². The SMILES string of the molecule is CC(=O)NC(CC(=O)NCc1cn(-c2ccccc2)nc1-c1ccc(F)cc1)c1ccc(C)cc1. The third kappa shape index (κ3) is 6.20. The lowest BCUT2D eigenvalue weighted by atomic mass is 10.0. The minimum Gasteiger partial charge on any atom is -0.352 e. The number of para-hydroxylation sites is 1. The van der Waals surface area contributed by atoms with E-state index in [1.54, 1.807) is 16.8 Å². The minimum atomic E-state index is -0.434. The van der Waals surface area contributed by atoms with Gasteiger partial charge in [0.1, 0.15) is 5.82 Å². The molecule has 0 saturated heterocycles. The van der Waals surface area contributed by atoms with Gasteiger partial charge in [0.05, 0.1) is 23.8 Å². The Labute approximate surface area is 203 Å². The molecule has 1 unspecified atom stereocenters. The molecule has 4 rings (SSSR count). The maximum Gasteiger partial charge on any atom is 0.222 e. The molecule has 2 N–H and O–H groups in total. The van der Waals surface area contributed by atoms with Crippen molar-refractivity contribution in [2.24, 2.45) is 0 Å². The third-order valence-corrected chi connectivity index (χ3v) is 5.65. The molecule has 0 spiro atoms. The number of benzene rings is 3. The number of hydrogen-bond donors (Lipinski definition) is 2. The van der Waals surface area contributed by atoms with Gasteiger partial charge in [0.2, 0.25) is 11.8 Å². The molecule has 0 aliphatic heterocycles. The molecule has 3 aromatic carbocycles. The molecule has 0 fully saturated rings. The fourth-order valence-electron chi connectivity index (χ4n) is 3.85. The number of nitrogens with one attached hydrogen (secondary N) is 2. The van der Waals surface area contributed by atoms with Crippen molar-refractivity contribution in [2.75, 3.05) is 0 Å². The highest BCUT2D eigenvalue weighted by Gasteiger charge is 2.18. The first kappa shape index (κ1) is 23.9. The zero-order valence-corrected chi connectivity index (χ0v) is 19.7. The van der Waals surface area contributed by atoms with Crippen LogP contribution in [0.4, 0.5) is 4.39 Å². The molecule has 2 amide bonds. The number of rotatable bonds is 8. The molecule has 4 aromatic rings. The highest BCUT2D eigenvalue weighted by molar-refractivity contribution is 5.79. The average molecular weight is 471 g/mol. The van der Waals surface area contributed by atoms with Crippen molar-refractivity contribution in [3.63, 3.8) is 0 Å². The second-order valence-corrected chi connectivity index (χ2v) is 8.43. The van der Waals surface area contributed by atoms with Crippen molar-refractivity contribution < 1.29 is 14.0 Å². The minimum absolute atomic E-state index is 0.0986. The summed E-state index contributed by atoms with van der Waals surface area (Å²) in [7, 11) is 0. The third-order valence-electron chi connectivity index (χ3n) is 5.65. The highest BCUT2D eigenvalue weighted by atomic mass is 19.1. The van der Waals surface area contributed by atoms with Crippen LogP contribution in [0, 0.1) is 12.7 Å². The van der Waals surface area contributed by atoms with Gasteiger partial charge in [0, 0.05) is 30.8 Å². The zero-order chi connectivity index (χ0) is 24.8. The van der Waals surface area contributed by atoms with Crippen molar-refractivity contribution in [3.8, 4) is 16.9 Å². The van der Waals surface area contributed by atoms with Crippen LogP contribution in [0.25, 0.3) is 16.9 Å². The van der Waals surface area contributed by atoms with Gasteiger partial charge in [-0.15, -0.1) is 0 Å². The Morgan fingerprint density at radius 1 is 0.971 bits per heavy atom. The van der Waals surface area contributed by atoms with Gasteiger partial charge in [0.15, 0.2) is 0 Å². The van der Waals surface area contributed by atoms with Crippen molar-refractivity contribution in [3.05, 3.63) is 108 Å². The van der Waals surface area contributed by atoms with E-state index in [0.717, 1.165) is 27.9 Å². The first-order valence-electron chi connectivity index (χ1n) is 11.4. The van der Waals surface area contributed by atoms with Crippen molar-refractivity contribution in [1.29, 1.82) is 0 Å². The van der Waals surface area contributed by atoms with Crippen LogP contribution in [0.3, 0.4) is 0 Å². The Hall–Kier alpha value is -4.26. The largest absolute Gasteiger partial charge is 0.352 e. The topological polar surface area (TPSA) is 76.0 Å². The predicted molar refractivity (Wildman–Crippen MR) is 133 cm³/mol. The molecule has 6 nitrogen and oxygen atoms in total. The molecule has 0 aliphatic rings. The van der Waals surface area contributed by atoms with Crippen LogP contribution in [0.2, 0.25) is 0 Å². The Morgan fingerprint density at radius 2 is 1.66 bits per heavy atom. The van der Waals surface area contributed by atoms with E-state index in [1.165, 1.54) is 19.1 Å². The summed E-state index contributed by atoms with van der Waals surface area (Å²) in [5.41, 5.74) is 5.04. The number of carbonyl (C=O) groups is 2. The Kier molecular flexibility index (Phi) is 7.35. The smallest absolute Gasteiger partial charge is 0.222 e. The fraction of sp³-hybridized carbons (Fsp3) is 0.179. The van der Waals surface area contributed by atoms with Gasteiger partial charge < -0.3 is 10.6 Å². The normalized spacial score (nSPS) is 11.6. The Morgan fingerprint density at radius 3 is 2.31 bits per heavy atom. The lowest BCUT2D eigenvalue weighted by molar-refractivity contribution is -0.122. The summed E-state index contributed by atoms with van der Waals surface area (Å²) in [6, 6.07) is 23.1. The molecule has 35 heavy (non-hydrogen) atoms. The standard InChI is InChI=1S/C28H27FN4O2/c1-19-8-10-21(11-9-19)26(31-20(2)34)16-27(35)30-17-23-18-33(25-6-4-3-5-7-25)32-28(23)22-12-14-24(29)15-13-22/h3-15,18,26H,16-17H2,1-2H3,(H,30,35)(H,31,34). The fourth-order valence-corrected chi connectivity index (χ4v) is 3.85. The van der Waals surface area contributed by atoms with Gasteiger partial charge in [-0.2, -0.15) is 5.10 Å². The summed E-state index contributed by atoms with van der Waals surface area (Å²) >= 11 is 0. The quantitative estimate of drug-likeness (QED) is 0.386. The summed E-state index contributed by atoms with van der Waals surface area (Å²) < 4.78 is 15.2. The Balaban J connectivity index is 1.54. The lowest BCUT2D eigenvalue weighted by Crippen LogP contribution is -2.32. The van der Waals surface area contributed by atoms with E-state index in [-0.39, 0.29) is 30.6 Å². The van der Waals surface area contributed by atoms with Gasteiger partial charge in [-0.1, -0.05) is 48.0 Å². The predicted octanol–water partition coefficient (Wildman–Crippen LogP) is 4.87. The van der Waals surface area contributed by atoms with E-state index in [2.05, 4.69) is 10.6 Å². The summed E-state index contributed by atoms with van der Waals surface area (Å²) in [6.45, 7) is 3.66. The number of hydrogen-bond acceptors (Lipinski definition) is 3. The number of halogens is 1. The van der Waals surface area contributed by atoms with Gasteiger partial charge in [0.25, 0.3) is 0 Å². The summed E-state index contributed by atoms with van der Waals surface area (Å²) in [5, 5.41) is 10.5. The molecule has 0 radical (unpaired) electrons. The average Bonchev–Trinajstić information content (AvgIpc) is 3.28.